The van der Waals surface area contributed by atoms with E-state index in [2.05, 4.69) is 18.2 Å². The van der Waals surface area contributed by atoms with Crippen molar-refractivity contribution in [3.05, 3.63) is 35.4 Å². The fourth-order valence-electron chi connectivity index (χ4n) is 2.83. The van der Waals surface area contributed by atoms with E-state index in [1.54, 1.807) is 6.92 Å². The number of nitriles is 1. The first kappa shape index (κ1) is 13.6. The zero-order chi connectivity index (χ0) is 13.7. The Morgan fingerprint density at radius 2 is 2.32 bits per heavy atom. The molecule has 2 atom stereocenters. The van der Waals surface area contributed by atoms with Crippen molar-refractivity contribution in [3.63, 3.8) is 0 Å². The molecule has 0 bridgehead atoms. The van der Waals surface area contributed by atoms with Gasteiger partial charge in [-0.05, 0) is 49.7 Å². The van der Waals surface area contributed by atoms with Gasteiger partial charge in [-0.15, -0.1) is 0 Å². The van der Waals surface area contributed by atoms with Crippen molar-refractivity contribution in [1.82, 2.24) is 0 Å². The third kappa shape index (κ3) is 3.14. The number of ether oxygens (including phenoxy) is 1. The van der Waals surface area contributed by atoms with Crippen LogP contribution in [-0.4, -0.2) is 12.6 Å². The van der Waals surface area contributed by atoms with Gasteiger partial charge in [-0.2, -0.15) is 5.26 Å². The fourth-order valence-corrected chi connectivity index (χ4v) is 2.83. The van der Waals surface area contributed by atoms with Crippen LogP contribution in [0.25, 0.3) is 0 Å². The molecule has 1 aliphatic carbocycles. The molecule has 0 aromatic heterocycles. The zero-order valence-corrected chi connectivity index (χ0v) is 11.3. The Balaban J connectivity index is 2.11. The number of fused-ring (bicyclic) bond motifs is 1. The standard InChI is InChI=1S/C16H19NO2/c1-2-19-16(18)14(11-17)10-13-8-5-7-12-6-3-4-9-15(12)13/h3-4,6,9,13-14H,2,5,7-8,10H2,1H3. The highest BCUT2D eigenvalue weighted by Gasteiger charge is 2.27. The molecule has 0 amide bonds. The van der Waals surface area contributed by atoms with E-state index in [0.717, 1.165) is 19.3 Å². The van der Waals surface area contributed by atoms with Crippen LogP contribution in [0.1, 0.15) is 43.2 Å². The van der Waals surface area contributed by atoms with Gasteiger partial charge in [0.2, 0.25) is 0 Å². The van der Waals surface area contributed by atoms with Crippen LogP contribution in [0.4, 0.5) is 0 Å². The molecule has 0 radical (unpaired) electrons. The number of carbonyl (C=O) groups excluding carboxylic acids is 1. The van der Waals surface area contributed by atoms with E-state index in [1.807, 2.05) is 12.1 Å². The van der Waals surface area contributed by atoms with E-state index in [-0.39, 0.29) is 5.97 Å². The van der Waals surface area contributed by atoms with Crippen LogP contribution in [0.15, 0.2) is 24.3 Å². The van der Waals surface area contributed by atoms with Crippen LogP contribution >= 0.6 is 0 Å². The molecule has 0 heterocycles. The first-order valence-electron chi connectivity index (χ1n) is 6.90. The summed E-state index contributed by atoms with van der Waals surface area (Å²) in [5.74, 6) is -0.719. The number of nitrogens with zero attached hydrogens (tertiary/aromatic N) is 1. The van der Waals surface area contributed by atoms with Crippen molar-refractivity contribution < 1.29 is 9.53 Å². The van der Waals surface area contributed by atoms with Crippen molar-refractivity contribution in [2.24, 2.45) is 5.92 Å². The highest BCUT2D eigenvalue weighted by atomic mass is 16.5. The molecule has 0 fully saturated rings. The molecule has 1 aromatic carbocycles. The highest BCUT2D eigenvalue weighted by molar-refractivity contribution is 5.75. The minimum Gasteiger partial charge on any atom is -0.465 e. The Morgan fingerprint density at radius 1 is 1.53 bits per heavy atom. The number of carbonyl (C=O) groups is 1. The number of benzene rings is 1. The lowest BCUT2D eigenvalue weighted by Crippen LogP contribution is -2.21. The van der Waals surface area contributed by atoms with Crippen LogP contribution < -0.4 is 0 Å². The quantitative estimate of drug-likeness (QED) is 0.778. The molecule has 1 aromatic rings. The highest BCUT2D eigenvalue weighted by Crippen LogP contribution is 2.35. The monoisotopic (exact) mass is 257 g/mol. The van der Waals surface area contributed by atoms with Gasteiger partial charge in [0, 0.05) is 0 Å². The molecule has 1 aliphatic rings. The molecule has 0 spiro atoms. The second-order valence-electron chi connectivity index (χ2n) is 4.96. The number of rotatable bonds is 4. The summed E-state index contributed by atoms with van der Waals surface area (Å²) in [5.41, 5.74) is 2.66. The lowest BCUT2D eigenvalue weighted by atomic mass is 9.78. The zero-order valence-electron chi connectivity index (χ0n) is 11.3. The SMILES string of the molecule is CCOC(=O)C(C#N)CC1CCCc2ccccc21. The minimum absolute atomic E-state index is 0.305. The van der Waals surface area contributed by atoms with Crippen molar-refractivity contribution in [1.29, 1.82) is 5.26 Å². The molecular formula is C16H19NO2. The molecule has 3 heteroatoms. The summed E-state index contributed by atoms with van der Waals surface area (Å²) in [6.45, 7) is 2.10. The van der Waals surface area contributed by atoms with Crippen LogP contribution in [0, 0.1) is 17.2 Å². The molecule has 3 nitrogen and oxygen atoms in total. The summed E-state index contributed by atoms with van der Waals surface area (Å²) in [6, 6.07) is 10.4. The molecule has 0 saturated heterocycles. The first-order chi connectivity index (χ1) is 9.26. The molecule has 19 heavy (non-hydrogen) atoms. The first-order valence-corrected chi connectivity index (χ1v) is 6.90. The van der Waals surface area contributed by atoms with E-state index >= 15 is 0 Å². The van der Waals surface area contributed by atoms with Gasteiger partial charge in [-0.25, -0.2) is 0 Å². The molecule has 0 aliphatic heterocycles. The maximum atomic E-state index is 11.7. The number of hydrogen-bond acceptors (Lipinski definition) is 3. The van der Waals surface area contributed by atoms with Gasteiger partial charge < -0.3 is 4.74 Å². The third-order valence-corrected chi connectivity index (χ3v) is 3.74. The Hall–Kier alpha value is -1.82. The molecule has 100 valence electrons. The summed E-state index contributed by atoms with van der Waals surface area (Å²) in [5, 5.41) is 9.15. The van der Waals surface area contributed by atoms with Crippen molar-refractivity contribution in [2.75, 3.05) is 6.61 Å². The van der Waals surface area contributed by atoms with Gasteiger partial charge in [-0.1, -0.05) is 24.3 Å². The van der Waals surface area contributed by atoms with E-state index in [0.29, 0.717) is 18.9 Å². The molecule has 0 saturated carbocycles. The lowest BCUT2D eigenvalue weighted by Gasteiger charge is -2.26. The Bertz CT molecular complexity index is 490. The second-order valence-corrected chi connectivity index (χ2v) is 4.96. The third-order valence-electron chi connectivity index (χ3n) is 3.74. The second kappa shape index (κ2) is 6.38. The van der Waals surface area contributed by atoms with Crippen LogP contribution in [0.3, 0.4) is 0 Å². The van der Waals surface area contributed by atoms with E-state index in [4.69, 9.17) is 10.00 Å². The van der Waals surface area contributed by atoms with Gasteiger partial charge in [0.05, 0.1) is 12.7 Å². The Kier molecular flexibility index (Phi) is 4.57. The largest absolute Gasteiger partial charge is 0.465 e. The molecule has 2 unspecified atom stereocenters. The molecular weight excluding hydrogens is 238 g/mol. The maximum absolute atomic E-state index is 11.7. The van der Waals surface area contributed by atoms with Crippen LogP contribution in [-0.2, 0) is 16.0 Å². The van der Waals surface area contributed by atoms with Crippen molar-refractivity contribution in [3.8, 4) is 6.07 Å². The smallest absolute Gasteiger partial charge is 0.323 e. The fraction of sp³-hybridized carbons (Fsp3) is 0.500. The van der Waals surface area contributed by atoms with Gasteiger partial charge >= 0.3 is 5.97 Å². The van der Waals surface area contributed by atoms with Gasteiger partial charge in [0.25, 0.3) is 0 Å². The number of esters is 1. The van der Waals surface area contributed by atoms with Crippen molar-refractivity contribution in [2.45, 2.75) is 38.5 Å². The predicted octanol–water partition coefficient (Wildman–Crippen LogP) is 3.20. The van der Waals surface area contributed by atoms with E-state index < -0.39 is 5.92 Å². The van der Waals surface area contributed by atoms with Crippen molar-refractivity contribution >= 4 is 5.97 Å². The summed E-state index contributed by atoms with van der Waals surface area (Å²) in [6.07, 6.45) is 3.85. The molecule has 2 rings (SSSR count). The number of hydrogen-bond donors (Lipinski definition) is 0. The Morgan fingerprint density at radius 3 is 3.05 bits per heavy atom. The van der Waals surface area contributed by atoms with E-state index in [1.165, 1.54) is 11.1 Å². The maximum Gasteiger partial charge on any atom is 0.323 e. The van der Waals surface area contributed by atoms with Gasteiger partial charge in [0.15, 0.2) is 0 Å². The normalized spacial score (nSPS) is 19.1. The summed E-state index contributed by atoms with van der Waals surface area (Å²) < 4.78 is 4.96. The van der Waals surface area contributed by atoms with Crippen LogP contribution in [0.5, 0.6) is 0 Å². The average molecular weight is 257 g/mol. The van der Waals surface area contributed by atoms with Gasteiger partial charge in [-0.3, -0.25) is 4.79 Å². The minimum atomic E-state index is -0.642. The van der Waals surface area contributed by atoms with Crippen LogP contribution in [0.2, 0.25) is 0 Å². The topological polar surface area (TPSA) is 50.1 Å². The summed E-state index contributed by atoms with van der Waals surface area (Å²) in [7, 11) is 0. The lowest BCUT2D eigenvalue weighted by molar-refractivity contribution is -0.146. The summed E-state index contributed by atoms with van der Waals surface area (Å²) >= 11 is 0. The summed E-state index contributed by atoms with van der Waals surface area (Å²) in [4.78, 5) is 11.7. The average Bonchev–Trinajstić information content (AvgIpc) is 2.45. The number of aryl methyl sites for hydroxylation is 1. The Labute approximate surface area is 114 Å². The van der Waals surface area contributed by atoms with E-state index in [9.17, 15) is 4.79 Å². The van der Waals surface area contributed by atoms with Gasteiger partial charge in [0.1, 0.15) is 5.92 Å². The predicted molar refractivity (Wildman–Crippen MR) is 72.5 cm³/mol. The molecule has 0 N–H and O–H groups in total.